The lowest BCUT2D eigenvalue weighted by Crippen LogP contribution is -2.45. The monoisotopic (exact) mass is 502 g/mol. The smallest absolute Gasteiger partial charge is 0.191 e. The van der Waals surface area contributed by atoms with Crippen molar-refractivity contribution < 1.29 is 28.4 Å². The van der Waals surface area contributed by atoms with E-state index in [1.807, 2.05) is 111 Å². The molecule has 2 aliphatic rings. The van der Waals surface area contributed by atoms with Gasteiger partial charge >= 0.3 is 0 Å². The van der Waals surface area contributed by atoms with Gasteiger partial charge in [-0.1, -0.05) is 91.0 Å². The van der Waals surface area contributed by atoms with Gasteiger partial charge in [-0.05, 0) is 36.6 Å². The van der Waals surface area contributed by atoms with Crippen LogP contribution in [-0.2, 0) is 41.6 Å². The highest BCUT2D eigenvalue weighted by molar-refractivity contribution is 5.47. The first kappa shape index (κ1) is 25.6. The summed E-state index contributed by atoms with van der Waals surface area (Å²) < 4.78 is 37.4. The third kappa shape index (κ3) is 6.86. The summed E-state index contributed by atoms with van der Waals surface area (Å²) in [6, 6.07) is 30.2. The van der Waals surface area contributed by atoms with Gasteiger partial charge in [-0.15, -0.1) is 0 Å². The van der Waals surface area contributed by atoms with Gasteiger partial charge in [0.2, 0.25) is 0 Å². The molecule has 0 bridgehead atoms. The van der Waals surface area contributed by atoms with E-state index in [9.17, 15) is 0 Å². The maximum Gasteiger partial charge on any atom is 0.191 e. The molecular formula is C31H34O6. The summed E-state index contributed by atoms with van der Waals surface area (Å²) in [5.41, 5.74) is 3.21. The average molecular weight is 503 g/mol. The fraction of sp³-hybridized carbons (Fsp3) is 0.355. The van der Waals surface area contributed by atoms with Crippen molar-refractivity contribution in [2.45, 2.75) is 63.6 Å². The van der Waals surface area contributed by atoms with Crippen molar-refractivity contribution in [3.63, 3.8) is 0 Å². The summed E-state index contributed by atoms with van der Waals surface area (Å²) in [7, 11) is 0. The van der Waals surface area contributed by atoms with Gasteiger partial charge in [0.15, 0.2) is 24.3 Å². The molecule has 0 radical (unpaired) electrons. The largest absolute Gasteiger partial charge is 0.492 e. The number of hydrogen-bond donors (Lipinski definition) is 0. The maximum absolute atomic E-state index is 6.40. The van der Waals surface area contributed by atoms with Crippen molar-refractivity contribution in [2.75, 3.05) is 6.61 Å². The van der Waals surface area contributed by atoms with E-state index in [-0.39, 0.29) is 0 Å². The summed E-state index contributed by atoms with van der Waals surface area (Å²) >= 11 is 0. The van der Waals surface area contributed by atoms with Crippen molar-refractivity contribution in [1.29, 1.82) is 0 Å². The molecule has 194 valence electrons. The lowest BCUT2D eigenvalue weighted by molar-refractivity contribution is -0.234. The Morgan fingerprint density at radius 3 is 2.11 bits per heavy atom. The van der Waals surface area contributed by atoms with Crippen molar-refractivity contribution >= 4 is 6.08 Å². The highest BCUT2D eigenvalue weighted by atomic mass is 16.8. The van der Waals surface area contributed by atoms with Gasteiger partial charge in [-0.3, -0.25) is 0 Å². The van der Waals surface area contributed by atoms with Crippen molar-refractivity contribution in [3.8, 4) is 0 Å². The highest BCUT2D eigenvalue weighted by Gasteiger charge is 2.58. The quantitative estimate of drug-likeness (QED) is 0.313. The van der Waals surface area contributed by atoms with Crippen LogP contribution in [0, 0.1) is 0 Å². The van der Waals surface area contributed by atoms with Crippen LogP contribution in [-0.4, -0.2) is 43.1 Å². The molecule has 5 rings (SSSR count). The van der Waals surface area contributed by atoms with Gasteiger partial charge in [0.1, 0.15) is 12.2 Å². The number of hydrogen-bond acceptors (Lipinski definition) is 6. The molecule has 2 fully saturated rings. The van der Waals surface area contributed by atoms with E-state index in [0.29, 0.717) is 19.8 Å². The van der Waals surface area contributed by atoms with E-state index >= 15 is 0 Å². The average Bonchev–Trinajstić information content (AvgIpc) is 3.39. The topological polar surface area (TPSA) is 55.4 Å². The fourth-order valence-electron chi connectivity index (χ4n) is 4.61. The van der Waals surface area contributed by atoms with E-state index in [0.717, 1.165) is 16.7 Å². The summed E-state index contributed by atoms with van der Waals surface area (Å²) in [4.78, 5) is 0. The summed E-state index contributed by atoms with van der Waals surface area (Å²) in [6.45, 7) is 5.00. The zero-order chi connectivity index (χ0) is 25.5. The van der Waals surface area contributed by atoms with Gasteiger partial charge in [0.05, 0.1) is 26.1 Å². The third-order valence-corrected chi connectivity index (χ3v) is 6.39. The standard InChI is InChI=1S/C31H34O6/c1-31(2)36-29-28(33-19-18-23-12-6-3-7-13-23)27(35-30(29)37-31)26(34-21-25-16-10-5-11-17-25)22-32-20-24-14-8-4-9-15-24/h3-19,26-30H,20-22H2,1-2H3/b19-18+/t26-,27-,28+,29-,30-/m1/s1. The molecule has 2 heterocycles. The molecular weight excluding hydrogens is 468 g/mol. The molecule has 6 heteroatoms. The first-order valence-electron chi connectivity index (χ1n) is 12.7. The minimum Gasteiger partial charge on any atom is -0.492 e. The fourth-order valence-corrected chi connectivity index (χ4v) is 4.61. The van der Waals surface area contributed by atoms with Crippen molar-refractivity contribution in [1.82, 2.24) is 0 Å². The van der Waals surface area contributed by atoms with Crippen LogP contribution in [0.3, 0.4) is 0 Å². The van der Waals surface area contributed by atoms with Gasteiger partial charge in [0, 0.05) is 0 Å². The molecule has 0 saturated carbocycles. The van der Waals surface area contributed by atoms with Crippen LogP contribution in [0.15, 0.2) is 97.3 Å². The summed E-state index contributed by atoms with van der Waals surface area (Å²) in [5.74, 6) is -0.755. The lowest BCUT2D eigenvalue weighted by atomic mass is 10.1. The predicted octanol–water partition coefficient (Wildman–Crippen LogP) is 5.72. The molecule has 0 aromatic heterocycles. The molecule has 0 aliphatic carbocycles. The van der Waals surface area contributed by atoms with E-state index in [4.69, 9.17) is 28.4 Å². The van der Waals surface area contributed by atoms with Crippen LogP contribution < -0.4 is 0 Å². The van der Waals surface area contributed by atoms with Crippen LogP contribution >= 0.6 is 0 Å². The summed E-state index contributed by atoms with van der Waals surface area (Å²) in [5, 5.41) is 0. The van der Waals surface area contributed by atoms with Gasteiger partial charge in [0.25, 0.3) is 0 Å². The van der Waals surface area contributed by atoms with Crippen LogP contribution in [0.25, 0.3) is 6.08 Å². The first-order chi connectivity index (χ1) is 18.1. The number of benzene rings is 3. The van der Waals surface area contributed by atoms with Crippen LogP contribution in [0.5, 0.6) is 0 Å². The molecule has 2 aliphatic heterocycles. The second-order valence-electron chi connectivity index (χ2n) is 9.72. The molecule has 5 atom stereocenters. The van der Waals surface area contributed by atoms with Gasteiger partial charge in [-0.25, -0.2) is 0 Å². The highest BCUT2D eigenvalue weighted by Crippen LogP contribution is 2.40. The first-order valence-corrected chi connectivity index (χ1v) is 12.7. The maximum atomic E-state index is 6.40. The minimum atomic E-state index is -0.755. The number of ether oxygens (including phenoxy) is 6. The zero-order valence-electron chi connectivity index (χ0n) is 21.3. The molecule has 2 saturated heterocycles. The molecule has 37 heavy (non-hydrogen) atoms. The Hall–Kier alpha value is -3.00. The Morgan fingerprint density at radius 2 is 1.43 bits per heavy atom. The van der Waals surface area contributed by atoms with Gasteiger partial charge < -0.3 is 28.4 Å². The summed E-state index contributed by atoms with van der Waals surface area (Å²) in [6.07, 6.45) is 1.40. The second-order valence-corrected chi connectivity index (χ2v) is 9.72. The molecule has 0 unspecified atom stereocenters. The molecule has 6 nitrogen and oxygen atoms in total. The Balaban J connectivity index is 1.32. The number of fused-ring (bicyclic) bond motifs is 1. The predicted molar refractivity (Wildman–Crippen MR) is 140 cm³/mol. The van der Waals surface area contributed by atoms with E-state index in [1.54, 1.807) is 6.26 Å². The minimum absolute atomic E-state index is 0.331. The molecule has 3 aromatic carbocycles. The zero-order valence-corrected chi connectivity index (χ0v) is 21.3. The normalized spacial score (nSPS) is 25.2. The van der Waals surface area contributed by atoms with Crippen LogP contribution in [0.2, 0.25) is 0 Å². The Morgan fingerprint density at radius 1 is 0.811 bits per heavy atom. The van der Waals surface area contributed by atoms with Crippen molar-refractivity contribution in [2.24, 2.45) is 0 Å². The van der Waals surface area contributed by atoms with E-state index in [1.165, 1.54) is 0 Å². The Labute approximate surface area is 218 Å². The SMILES string of the molecule is CC1(C)O[C@H]2O[C@H]([C@@H](COCc3ccccc3)OCc3ccccc3)[C@H](O/C=C/c3ccccc3)[C@H]2O1. The molecule has 0 amide bonds. The molecule has 0 N–H and O–H groups in total. The van der Waals surface area contributed by atoms with E-state index < -0.39 is 36.5 Å². The van der Waals surface area contributed by atoms with E-state index in [2.05, 4.69) is 0 Å². The Kier molecular flexibility index (Phi) is 8.34. The third-order valence-electron chi connectivity index (χ3n) is 6.39. The number of rotatable bonds is 11. The molecule has 3 aromatic rings. The van der Waals surface area contributed by atoms with Crippen LogP contribution in [0.1, 0.15) is 30.5 Å². The molecule has 0 spiro atoms. The Bertz CT molecular complexity index is 1120. The second kappa shape index (κ2) is 12.0. The van der Waals surface area contributed by atoms with Gasteiger partial charge in [-0.2, -0.15) is 0 Å². The van der Waals surface area contributed by atoms with Crippen molar-refractivity contribution in [3.05, 3.63) is 114 Å². The lowest BCUT2D eigenvalue weighted by Gasteiger charge is -2.30. The van der Waals surface area contributed by atoms with Crippen LogP contribution in [0.4, 0.5) is 0 Å².